The van der Waals surface area contributed by atoms with Gasteiger partial charge in [-0.15, -0.1) is 11.3 Å². The van der Waals surface area contributed by atoms with Crippen LogP contribution in [0.25, 0.3) is 0 Å². The molecule has 3 rings (SSSR count). The van der Waals surface area contributed by atoms with E-state index in [1.807, 2.05) is 29.6 Å². The number of methoxy groups -OCH3 is 1. The standard InChI is InChI=1S/C22H22N2O4S/c1-24(22(26)20-12-7-15-29-20)17-9-4-3-8-16(17)21(25)23-13-14-28-19-11-6-5-10-18(19)27-2/h3-12,15H,13-14H2,1-2H3,(H,23,25). The highest BCUT2D eigenvalue weighted by molar-refractivity contribution is 7.12. The predicted octanol–water partition coefficient (Wildman–Crippen LogP) is 3.84. The Bertz CT molecular complexity index is 972. The largest absolute Gasteiger partial charge is 0.493 e. The molecule has 0 bridgehead atoms. The number of para-hydroxylation sites is 3. The lowest BCUT2D eigenvalue weighted by Gasteiger charge is -2.20. The Morgan fingerprint density at radius 2 is 1.72 bits per heavy atom. The lowest BCUT2D eigenvalue weighted by atomic mass is 10.1. The summed E-state index contributed by atoms with van der Waals surface area (Å²) < 4.78 is 10.9. The van der Waals surface area contributed by atoms with Crippen LogP contribution in [0.4, 0.5) is 5.69 Å². The number of carbonyl (C=O) groups is 2. The summed E-state index contributed by atoms with van der Waals surface area (Å²) in [5, 5.41) is 4.68. The molecule has 0 saturated heterocycles. The van der Waals surface area contributed by atoms with E-state index in [2.05, 4.69) is 5.32 Å². The van der Waals surface area contributed by atoms with Gasteiger partial charge in [-0.3, -0.25) is 9.59 Å². The van der Waals surface area contributed by atoms with Crippen molar-refractivity contribution in [1.29, 1.82) is 0 Å². The summed E-state index contributed by atoms with van der Waals surface area (Å²) in [5.74, 6) is 0.832. The minimum Gasteiger partial charge on any atom is -0.493 e. The number of ether oxygens (including phenoxy) is 2. The zero-order chi connectivity index (χ0) is 20.6. The highest BCUT2D eigenvalue weighted by atomic mass is 32.1. The fourth-order valence-corrected chi connectivity index (χ4v) is 3.49. The van der Waals surface area contributed by atoms with Gasteiger partial charge < -0.3 is 19.7 Å². The van der Waals surface area contributed by atoms with E-state index in [1.54, 1.807) is 50.6 Å². The van der Waals surface area contributed by atoms with E-state index in [-0.39, 0.29) is 18.4 Å². The van der Waals surface area contributed by atoms with Crippen LogP contribution in [0.15, 0.2) is 66.0 Å². The third kappa shape index (κ3) is 4.94. The number of hydrogen-bond acceptors (Lipinski definition) is 5. The first-order valence-electron chi connectivity index (χ1n) is 9.06. The van der Waals surface area contributed by atoms with Crippen LogP contribution in [-0.4, -0.2) is 39.1 Å². The van der Waals surface area contributed by atoms with E-state index in [9.17, 15) is 9.59 Å². The van der Waals surface area contributed by atoms with Crippen molar-refractivity contribution in [3.05, 3.63) is 76.5 Å². The van der Waals surface area contributed by atoms with Crippen LogP contribution in [0.1, 0.15) is 20.0 Å². The molecule has 0 aliphatic rings. The SMILES string of the molecule is COc1ccccc1OCCNC(=O)c1ccccc1N(C)C(=O)c1cccs1. The van der Waals surface area contributed by atoms with Gasteiger partial charge in [-0.25, -0.2) is 0 Å². The molecule has 150 valence electrons. The topological polar surface area (TPSA) is 67.9 Å². The van der Waals surface area contributed by atoms with Crippen molar-refractivity contribution >= 4 is 28.8 Å². The second-order valence-electron chi connectivity index (χ2n) is 6.11. The molecule has 0 atom stereocenters. The molecule has 0 aliphatic heterocycles. The maximum Gasteiger partial charge on any atom is 0.268 e. The van der Waals surface area contributed by atoms with Crippen molar-refractivity contribution in [3.8, 4) is 11.5 Å². The summed E-state index contributed by atoms with van der Waals surface area (Å²) in [6, 6.07) is 17.9. The van der Waals surface area contributed by atoms with Crippen molar-refractivity contribution in [2.45, 2.75) is 0 Å². The number of rotatable bonds is 8. The number of nitrogens with zero attached hydrogens (tertiary/aromatic N) is 1. The third-order valence-electron chi connectivity index (χ3n) is 4.26. The second kappa shape index (κ2) is 9.75. The Labute approximate surface area is 173 Å². The number of carbonyl (C=O) groups excluding carboxylic acids is 2. The maximum atomic E-state index is 12.7. The number of nitrogens with one attached hydrogen (secondary N) is 1. The fourth-order valence-electron chi connectivity index (χ4n) is 2.79. The Balaban J connectivity index is 1.62. The molecule has 0 fully saturated rings. The van der Waals surface area contributed by atoms with Crippen LogP contribution in [0, 0.1) is 0 Å². The lowest BCUT2D eigenvalue weighted by Crippen LogP contribution is -2.32. The fraction of sp³-hybridized carbons (Fsp3) is 0.182. The van der Waals surface area contributed by atoms with Crippen LogP contribution in [0.3, 0.4) is 0 Å². The molecule has 2 aromatic carbocycles. The normalized spacial score (nSPS) is 10.3. The van der Waals surface area contributed by atoms with Gasteiger partial charge in [-0.2, -0.15) is 0 Å². The maximum absolute atomic E-state index is 12.7. The molecule has 2 amide bonds. The van der Waals surface area contributed by atoms with Crippen molar-refractivity contribution in [1.82, 2.24) is 5.32 Å². The van der Waals surface area contributed by atoms with E-state index in [1.165, 1.54) is 16.2 Å². The molecule has 0 spiro atoms. The van der Waals surface area contributed by atoms with Crippen molar-refractivity contribution < 1.29 is 19.1 Å². The van der Waals surface area contributed by atoms with Gasteiger partial charge in [0.05, 0.1) is 29.8 Å². The summed E-state index contributed by atoms with van der Waals surface area (Å²) in [5.41, 5.74) is 0.978. The van der Waals surface area contributed by atoms with E-state index in [0.717, 1.165) is 0 Å². The minimum atomic E-state index is -0.268. The summed E-state index contributed by atoms with van der Waals surface area (Å²) in [4.78, 5) is 27.4. The van der Waals surface area contributed by atoms with Gasteiger partial charge in [-0.05, 0) is 35.7 Å². The average molecular weight is 410 g/mol. The second-order valence-corrected chi connectivity index (χ2v) is 7.06. The van der Waals surface area contributed by atoms with Crippen molar-refractivity contribution in [2.24, 2.45) is 0 Å². The quantitative estimate of drug-likeness (QED) is 0.573. The molecule has 6 nitrogen and oxygen atoms in total. The summed E-state index contributed by atoms with van der Waals surface area (Å²) >= 11 is 1.37. The Kier molecular flexibility index (Phi) is 6.86. The Morgan fingerprint density at radius 1 is 1.00 bits per heavy atom. The number of benzene rings is 2. The molecular weight excluding hydrogens is 388 g/mol. The van der Waals surface area contributed by atoms with Crippen molar-refractivity contribution in [3.63, 3.8) is 0 Å². The van der Waals surface area contributed by atoms with Gasteiger partial charge in [0.1, 0.15) is 6.61 Å². The third-order valence-corrected chi connectivity index (χ3v) is 5.12. The molecule has 0 unspecified atom stereocenters. The molecule has 7 heteroatoms. The van der Waals surface area contributed by atoms with Gasteiger partial charge in [0.2, 0.25) is 0 Å². The zero-order valence-electron chi connectivity index (χ0n) is 16.3. The van der Waals surface area contributed by atoms with E-state index < -0.39 is 0 Å². The summed E-state index contributed by atoms with van der Waals surface area (Å²) in [6.45, 7) is 0.603. The van der Waals surface area contributed by atoms with E-state index >= 15 is 0 Å². The van der Waals surface area contributed by atoms with Gasteiger partial charge >= 0.3 is 0 Å². The number of amides is 2. The van der Waals surface area contributed by atoms with Crippen LogP contribution in [-0.2, 0) is 0 Å². The van der Waals surface area contributed by atoms with E-state index in [4.69, 9.17) is 9.47 Å². The molecule has 1 N–H and O–H groups in total. The molecule has 3 aromatic rings. The Hall–Kier alpha value is -3.32. The number of anilines is 1. The molecule has 1 heterocycles. The molecule has 0 radical (unpaired) electrons. The number of thiophene rings is 1. The molecule has 0 saturated carbocycles. The minimum absolute atomic E-state index is 0.153. The molecular formula is C22H22N2O4S. The lowest BCUT2D eigenvalue weighted by molar-refractivity contribution is 0.0947. The van der Waals surface area contributed by atoms with Crippen LogP contribution < -0.4 is 19.7 Å². The van der Waals surface area contributed by atoms with Gasteiger partial charge in [0, 0.05) is 7.05 Å². The first kappa shape index (κ1) is 20.4. The van der Waals surface area contributed by atoms with Crippen LogP contribution in [0.2, 0.25) is 0 Å². The van der Waals surface area contributed by atoms with Gasteiger partial charge in [-0.1, -0.05) is 30.3 Å². The van der Waals surface area contributed by atoms with Gasteiger partial charge in [0.15, 0.2) is 11.5 Å². The first-order valence-corrected chi connectivity index (χ1v) is 9.94. The van der Waals surface area contributed by atoms with Crippen molar-refractivity contribution in [2.75, 3.05) is 32.2 Å². The molecule has 29 heavy (non-hydrogen) atoms. The highest BCUT2D eigenvalue weighted by Gasteiger charge is 2.20. The van der Waals surface area contributed by atoms with Crippen LogP contribution in [0.5, 0.6) is 11.5 Å². The molecule has 0 aliphatic carbocycles. The summed E-state index contributed by atoms with van der Waals surface area (Å²) in [6.07, 6.45) is 0. The monoisotopic (exact) mass is 410 g/mol. The molecule has 1 aromatic heterocycles. The van der Waals surface area contributed by atoms with Gasteiger partial charge in [0.25, 0.3) is 11.8 Å². The van der Waals surface area contributed by atoms with E-state index in [0.29, 0.717) is 34.2 Å². The highest BCUT2D eigenvalue weighted by Crippen LogP contribution is 2.25. The number of hydrogen-bond donors (Lipinski definition) is 1. The van der Waals surface area contributed by atoms with Crippen LogP contribution >= 0.6 is 11.3 Å². The first-order chi connectivity index (χ1) is 14.1. The Morgan fingerprint density at radius 3 is 2.45 bits per heavy atom. The summed E-state index contributed by atoms with van der Waals surface area (Å²) in [7, 11) is 3.24. The zero-order valence-corrected chi connectivity index (χ0v) is 17.1. The smallest absolute Gasteiger partial charge is 0.268 e. The predicted molar refractivity (Wildman–Crippen MR) is 114 cm³/mol. The average Bonchev–Trinajstić information content (AvgIpc) is 3.30.